The Bertz CT molecular complexity index is 1430. The quantitative estimate of drug-likeness (QED) is 0.314. The minimum Gasteiger partial charge on any atom is -0.397 e. The van der Waals surface area contributed by atoms with Gasteiger partial charge in [0, 0.05) is 43.1 Å². The van der Waals surface area contributed by atoms with E-state index in [4.69, 9.17) is 10.7 Å². The van der Waals surface area contributed by atoms with Crippen LogP contribution >= 0.6 is 11.3 Å². The molecule has 0 spiro atoms. The Morgan fingerprint density at radius 3 is 2.79 bits per heavy atom. The van der Waals surface area contributed by atoms with Crippen LogP contribution in [-0.2, 0) is 24.2 Å². The Balaban J connectivity index is 1.14. The molecule has 0 saturated carbocycles. The first-order chi connectivity index (χ1) is 16.6. The van der Waals surface area contributed by atoms with Crippen molar-refractivity contribution in [3.63, 3.8) is 0 Å². The Morgan fingerprint density at radius 1 is 1.00 bits per heavy atom. The molecule has 3 heterocycles. The number of nitrogen functional groups attached to an aromatic ring is 1. The number of anilines is 2. The molecule has 0 saturated heterocycles. The number of aryl methyl sites for hydroxylation is 3. The molecular formula is C26H24N6OS. The van der Waals surface area contributed by atoms with Crippen LogP contribution in [0.3, 0.4) is 0 Å². The van der Waals surface area contributed by atoms with Crippen molar-refractivity contribution in [3.8, 4) is 11.1 Å². The predicted octanol–water partition coefficient (Wildman–Crippen LogP) is 4.95. The SMILES string of the molecule is Nc1ccc(-c2ccsc2)cc1NC(=O)CCc1cn(CCc2ccc3ccccc3n2)nn1. The summed E-state index contributed by atoms with van der Waals surface area (Å²) in [5.74, 6) is -0.107. The Kier molecular flexibility index (Phi) is 6.31. The lowest BCUT2D eigenvalue weighted by Crippen LogP contribution is -2.13. The smallest absolute Gasteiger partial charge is 0.224 e. The molecule has 0 aliphatic heterocycles. The molecule has 3 aromatic heterocycles. The van der Waals surface area contributed by atoms with Crippen LogP contribution in [0.5, 0.6) is 0 Å². The summed E-state index contributed by atoms with van der Waals surface area (Å²) < 4.78 is 1.80. The summed E-state index contributed by atoms with van der Waals surface area (Å²) in [4.78, 5) is 17.2. The van der Waals surface area contributed by atoms with Gasteiger partial charge in [0.15, 0.2) is 0 Å². The van der Waals surface area contributed by atoms with Crippen LogP contribution in [0.15, 0.2) is 77.6 Å². The molecule has 170 valence electrons. The fraction of sp³-hybridized carbons (Fsp3) is 0.154. The molecule has 1 amide bonds. The van der Waals surface area contributed by atoms with Crippen LogP contribution in [0.4, 0.5) is 11.4 Å². The minimum atomic E-state index is -0.107. The summed E-state index contributed by atoms with van der Waals surface area (Å²) in [6.07, 6.45) is 3.45. The number of nitrogens with zero attached hydrogens (tertiary/aromatic N) is 4. The number of fused-ring (bicyclic) bond motifs is 1. The van der Waals surface area contributed by atoms with Gasteiger partial charge < -0.3 is 11.1 Å². The van der Waals surface area contributed by atoms with Gasteiger partial charge in [-0.15, -0.1) is 5.10 Å². The van der Waals surface area contributed by atoms with Crippen molar-refractivity contribution in [1.29, 1.82) is 0 Å². The number of thiophene rings is 1. The fourth-order valence-corrected chi connectivity index (χ4v) is 4.43. The first-order valence-electron chi connectivity index (χ1n) is 11.1. The number of carbonyl (C=O) groups is 1. The number of amides is 1. The van der Waals surface area contributed by atoms with Gasteiger partial charge in [0.1, 0.15) is 0 Å². The summed E-state index contributed by atoms with van der Waals surface area (Å²) in [5, 5.41) is 16.6. The highest BCUT2D eigenvalue weighted by atomic mass is 32.1. The highest BCUT2D eigenvalue weighted by Crippen LogP contribution is 2.28. The minimum absolute atomic E-state index is 0.107. The highest BCUT2D eigenvalue weighted by Gasteiger charge is 2.10. The van der Waals surface area contributed by atoms with Gasteiger partial charge in [-0.25, -0.2) is 0 Å². The van der Waals surface area contributed by atoms with E-state index >= 15 is 0 Å². The third-order valence-electron chi connectivity index (χ3n) is 5.63. The Hall–Kier alpha value is -4.04. The second-order valence-corrected chi connectivity index (χ2v) is 8.86. The second kappa shape index (κ2) is 9.84. The van der Waals surface area contributed by atoms with E-state index in [0.717, 1.165) is 39.8 Å². The molecule has 5 rings (SSSR count). The first-order valence-corrected chi connectivity index (χ1v) is 12.0. The van der Waals surface area contributed by atoms with E-state index in [1.54, 1.807) is 16.0 Å². The molecule has 0 fully saturated rings. The van der Waals surface area contributed by atoms with Crippen molar-refractivity contribution in [3.05, 3.63) is 89.0 Å². The molecule has 0 atom stereocenters. The molecule has 3 N–H and O–H groups in total. The van der Waals surface area contributed by atoms with Crippen molar-refractivity contribution in [2.24, 2.45) is 0 Å². The number of carbonyl (C=O) groups excluding carboxylic acids is 1. The largest absolute Gasteiger partial charge is 0.397 e. The molecule has 8 heteroatoms. The number of para-hydroxylation sites is 1. The maximum absolute atomic E-state index is 12.5. The van der Waals surface area contributed by atoms with E-state index in [1.165, 1.54) is 0 Å². The van der Waals surface area contributed by atoms with Crippen LogP contribution in [0.25, 0.3) is 22.0 Å². The van der Waals surface area contributed by atoms with Gasteiger partial charge in [-0.05, 0) is 52.2 Å². The summed E-state index contributed by atoms with van der Waals surface area (Å²) in [7, 11) is 0. The monoisotopic (exact) mass is 468 g/mol. The molecule has 0 unspecified atom stereocenters. The molecule has 0 aliphatic carbocycles. The normalized spacial score (nSPS) is 11.1. The van der Waals surface area contributed by atoms with Gasteiger partial charge in [0.25, 0.3) is 0 Å². The van der Waals surface area contributed by atoms with Crippen molar-refractivity contribution >= 4 is 39.5 Å². The number of nitrogens with two attached hydrogens (primary N) is 1. The lowest BCUT2D eigenvalue weighted by atomic mass is 10.1. The van der Waals surface area contributed by atoms with Gasteiger partial charge in [0.05, 0.1) is 22.6 Å². The number of benzene rings is 2. The molecule has 34 heavy (non-hydrogen) atoms. The summed E-state index contributed by atoms with van der Waals surface area (Å²) >= 11 is 1.63. The van der Waals surface area contributed by atoms with E-state index in [9.17, 15) is 4.79 Å². The number of rotatable bonds is 8. The number of pyridine rings is 1. The van der Waals surface area contributed by atoms with Crippen LogP contribution < -0.4 is 11.1 Å². The van der Waals surface area contributed by atoms with Gasteiger partial charge in [-0.2, -0.15) is 11.3 Å². The molecule has 0 aliphatic rings. The maximum Gasteiger partial charge on any atom is 0.224 e. The van der Waals surface area contributed by atoms with Gasteiger partial charge >= 0.3 is 0 Å². The summed E-state index contributed by atoms with van der Waals surface area (Å²) in [6.45, 7) is 0.677. The molecule has 0 bridgehead atoms. The Morgan fingerprint density at radius 2 is 1.91 bits per heavy atom. The van der Waals surface area contributed by atoms with E-state index in [1.807, 2.05) is 60.1 Å². The highest BCUT2D eigenvalue weighted by molar-refractivity contribution is 7.08. The van der Waals surface area contributed by atoms with Gasteiger partial charge in [-0.3, -0.25) is 14.5 Å². The molecule has 5 aromatic rings. The molecule has 7 nitrogen and oxygen atoms in total. The first kappa shape index (κ1) is 21.8. The maximum atomic E-state index is 12.5. The fourth-order valence-electron chi connectivity index (χ4n) is 3.77. The van der Waals surface area contributed by atoms with Crippen LogP contribution in [0.2, 0.25) is 0 Å². The van der Waals surface area contributed by atoms with E-state index in [-0.39, 0.29) is 5.91 Å². The molecule has 0 radical (unpaired) electrons. The van der Waals surface area contributed by atoms with Crippen molar-refractivity contribution < 1.29 is 4.79 Å². The van der Waals surface area contributed by atoms with Crippen LogP contribution in [0, 0.1) is 0 Å². The van der Waals surface area contributed by atoms with Gasteiger partial charge in [-0.1, -0.05) is 35.5 Å². The molecule has 2 aromatic carbocycles. The standard InChI is InChI=1S/C26H24N6OS/c27-23-9-6-19(20-12-14-34-17-20)15-25(23)29-26(33)10-8-22-16-32(31-30-22)13-11-21-7-5-18-3-1-2-4-24(18)28-21/h1-7,9,12,14-17H,8,10-11,13,27H2,(H,29,33). The third-order valence-corrected chi connectivity index (χ3v) is 6.31. The Labute approximate surface area is 201 Å². The lowest BCUT2D eigenvalue weighted by Gasteiger charge is -2.10. The zero-order valence-corrected chi connectivity index (χ0v) is 19.3. The van der Waals surface area contributed by atoms with Crippen molar-refractivity contribution in [2.75, 3.05) is 11.1 Å². The number of hydrogen-bond acceptors (Lipinski definition) is 6. The van der Waals surface area contributed by atoms with Crippen molar-refractivity contribution in [2.45, 2.75) is 25.8 Å². The molecular weight excluding hydrogens is 444 g/mol. The summed E-state index contributed by atoms with van der Waals surface area (Å²) in [6, 6.07) is 19.9. The lowest BCUT2D eigenvalue weighted by molar-refractivity contribution is -0.116. The van der Waals surface area contributed by atoms with E-state index in [0.29, 0.717) is 30.8 Å². The number of hydrogen-bond donors (Lipinski definition) is 2. The second-order valence-electron chi connectivity index (χ2n) is 8.08. The third kappa shape index (κ3) is 5.13. The average Bonchev–Trinajstić information content (AvgIpc) is 3.55. The predicted molar refractivity (Wildman–Crippen MR) is 137 cm³/mol. The van der Waals surface area contributed by atoms with Crippen LogP contribution in [-0.4, -0.2) is 25.9 Å². The van der Waals surface area contributed by atoms with E-state index < -0.39 is 0 Å². The zero-order valence-electron chi connectivity index (χ0n) is 18.5. The number of nitrogens with one attached hydrogen (secondary N) is 1. The summed E-state index contributed by atoms with van der Waals surface area (Å²) in [5.41, 5.74) is 12.2. The van der Waals surface area contributed by atoms with E-state index in [2.05, 4.69) is 33.1 Å². The van der Waals surface area contributed by atoms with Crippen LogP contribution in [0.1, 0.15) is 17.8 Å². The zero-order chi connectivity index (χ0) is 23.3. The number of aromatic nitrogens is 4. The topological polar surface area (TPSA) is 98.7 Å². The van der Waals surface area contributed by atoms with Crippen molar-refractivity contribution in [1.82, 2.24) is 20.0 Å². The average molecular weight is 469 g/mol. The van der Waals surface area contributed by atoms with Gasteiger partial charge in [0.2, 0.25) is 5.91 Å².